The van der Waals surface area contributed by atoms with E-state index >= 15 is 0 Å². The Bertz CT molecular complexity index is 119. The van der Waals surface area contributed by atoms with Gasteiger partial charge in [-0.1, -0.05) is 0 Å². The molecular formula is C6H14N2NiO2. The summed E-state index contributed by atoms with van der Waals surface area (Å²) in [5.74, 6) is 0. The molecule has 0 radical (unpaired) electrons. The Labute approximate surface area is 76.9 Å². The summed E-state index contributed by atoms with van der Waals surface area (Å²) in [6.45, 7) is 3.89. The number of hydrogen-bond donors (Lipinski definition) is 2. The van der Waals surface area contributed by atoms with Gasteiger partial charge in [-0.05, 0) is 13.8 Å². The van der Waals surface area contributed by atoms with Crippen LogP contribution >= 0.6 is 0 Å². The van der Waals surface area contributed by atoms with E-state index in [4.69, 9.17) is 10.5 Å². The van der Waals surface area contributed by atoms with E-state index in [-0.39, 0.29) is 16.5 Å². The van der Waals surface area contributed by atoms with Gasteiger partial charge in [-0.2, -0.15) is 0 Å². The van der Waals surface area contributed by atoms with Crippen LogP contribution in [-0.4, -0.2) is 36.0 Å². The van der Waals surface area contributed by atoms with Gasteiger partial charge >= 0.3 is 0 Å². The summed E-state index contributed by atoms with van der Waals surface area (Å²) in [7, 11) is 3.54. The summed E-state index contributed by atoms with van der Waals surface area (Å²) in [4.78, 5) is 7.89. The van der Waals surface area contributed by atoms with Crippen molar-refractivity contribution in [3.8, 4) is 0 Å². The Kier molecular flexibility index (Phi) is 19.2. The zero-order valence-electron chi connectivity index (χ0n) is 7.11. The van der Waals surface area contributed by atoms with Gasteiger partial charge in [0.1, 0.15) is 0 Å². The van der Waals surface area contributed by atoms with Crippen LogP contribution in [0.3, 0.4) is 0 Å². The Morgan fingerprint density at radius 2 is 1.09 bits per heavy atom. The maximum absolute atomic E-state index is 6.00. The van der Waals surface area contributed by atoms with Gasteiger partial charge in [-0.25, -0.2) is 0 Å². The first-order valence-corrected chi connectivity index (χ1v) is 2.79. The van der Waals surface area contributed by atoms with Crippen LogP contribution < -0.4 is 0 Å². The van der Waals surface area contributed by atoms with Crippen LogP contribution in [0.2, 0.25) is 0 Å². The van der Waals surface area contributed by atoms with Gasteiger partial charge in [0.15, 0.2) is 0 Å². The van der Waals surface area contributed by atoms with Crippen LogP contribution in [0.1, 0.15) is 13.8 Å². The molecule has 0 aliphatic heterocycles. The Morgan fingerprint density at radius 3 is 1.18 bits per heavy atom. The van der Waals surface area contributed by atoms with Crippen molar-refractivity contribution in [3.05, 3.63) is 0 Å². The quantitative estimate of drug-likeness (QED) is 0.292. The first-order valence-electron chi connectivity index (χ1n) is 2.79. The van der Waals surface area contributed by atoms with Crippen LogP contribution in [0, 0.1) is 0 Å². The molecular weight excluding hydrogens is 191 g/mol. The fourth-order valence-electron chi connectivity index (χ4n) is 0.324. The standard InChI is InChI=1S/C6H12N2.Ni.H2O2/c1-5(7-3)6(2)8-4;;1-2/h1-4H3;;1-2H. The van der Waals surface area contributed by atoms with E-state index in [0.29, 0.717) is 0 Å². The van der Waals surface area contributed by atoms with Crippen molar-refractivity contribution >= 4 is 11.4 Å². The van der Waals surface area contributed by atoms with Gasteiger partial charge in [0, 0.05) is 30.6 Å². The summed E-state index contributed by atoms with van der Waals surface area (Å²) < 4.78 is 0. The Morgan fingerprint density at radius 1 is 0.909 bits per heavy atom. The molecule has 0 amide bonds. The van der Waals surface area contributed by atoms with Crippen LogP contribution in [0.25, 0.3) is 0 Å². The second-order valence-corrected chi connectivity index (χ2v) is 1.62. The molecule has 0 atom stereocenters. The normalized spacial score (nSPS) is 11.1. The van der Waals surface area contributed by atoms with Crippen LogP contribution in [0.4, 0.5) is 0 Å². The van der Waals surface area contributed by atoms with E-state index in [0.717, 1.165) is 11.4 Å². The monoisotopic (exact) mass is 204 g/mol. The minimum Gasteiger partial charge on any atom is -0.292 e. The zero-order valence-corrected chi connectivity index (χ0v) is 8.09. The number of rotatable bonds is 1. The van der Waals surface area contributed by atoms with Gasteiger partial charge < -0.3 is 0 Å². The average Bonchev–Trinajstić information content (AvgIpc) is 2.05. The molecule has 2 N–H and O–H groups in total. The molecule has 0 aliphatic carbocycles. The van der Waals surface area contributed by atoms with Crippen molar-refractivity contribution in [2.24, 2.45) is 9.98 Å². The summed E-state index contributed by atoms with van der Waals surface area (Å²) in [5, 5.41) is 12.0. The molecule has 0 saturated carbocycles. The van der Waals surface area contributed by atoms with Crippen molar-refractivity contribution in [3.63, 3.8) is 0 Å². The number of aliphatic imine (C=N–C) groups is 2. The first-order chi connectivity index (χ1) is 4.72. The van der Waals surface area contributed by atoms with Crippen molar-refractivity contribution in [2.45, 2.75) is 13.8 Å². The van der Waals surface area contributed by atoms with Gasteiger partial charge in [0.05, 0.1) is 11.4 Å². The van der Waals surface area contributed by atoms with Crippen LogP contribution in [0.5, 0.6) is 0 Å². The Balaban J connectivity index is -0.000000196. The fourth-order valence-corrected chi connectivity index (χ4v) is 0.324. The summed E-state index contributed by atoms with van der Waals surface area (Å²) in [5.41, 5.74) is 2.01. The molecule has 5 heteroatoms. The van der Waals surface area contributed by atoms with E-state index < -0.39 is 0 Å². The topological polar surface area (TPSA) is 65.2 Å². The van der Waals surface area contributed by atoms with E-state index in [1.165, 1.54) is 0 Å². The molecule has 0 rings (SSSR count). The SMILES string of the molecule is CN=C(C)C(C)=NC.OO.[Ni]. The molecule has 0 unspecified atom stereocenters. The molecule has 11 heavy (non-hydrogen) atoms. The second-order valence-electron chi connectivity index (χ2n) is 1.62. The van der Waals surface area contributed by atoms with E-state index in [9.17, 15) is 0 Å². The maximum Gasteiger partial charge on any atom is 0.0520 e. The van der Waals surface area contributed by atoms with E-state index in [1.54, 1.807) is 14.1 Å². The fraction of sp³-hybridized carbons (Fsp3) is 0.667. The molecule has 0 spiro atoms. The minimum atomic E-state index is 0. The average molecular weight is 205 g/mol. The van der Waals surface area contributed by atoms with Gasteiger partial charge in [-0.15, -0.1) is 0 Å². The maximum atomic E-state index is 6.00. The second kappa shape index (κ2) is 12.4. The smallest absolute Gasteiger partial charge is 0.0520 e. The van der Waals surface area contributed by atoms with Gasteiger partial charge in [0.2, 0.25) is 0 Å². The molecule has 0 aromatic rings. The Hall–Kier alpha value is -0.246. The molecule has 0 aliphatic rings. The molecule has 0 aromatic carbocycles. The summed E-state index contributed by atoms with van der Waals surface area (Å²) in [6, 6.07) is 0. The molecule has 0 saturated heterocycles. The number of hydrogen-bond acceptors (Lipinski definition) is 4. The molecule has 0 heterocycles. The third-order valence-corrected chi connectivity index (χ3v) is 1.19. The largest absolute Gasteiger partial charge is 0.292 e. The third kappa shape index (κ3) is 9.75. The minimum absolute atomic E-state index is 0. The molecule has 70 valence electrons. The van der Waals surface area contributed by atoms with Crippen molar-refractivity contribution in [2.75, 3.05) is 14.1 Å². The van der Waals surface area contributed by atoms with Crippen molar-refractivity contribution in [1.82, 2.24) is 0 Å². The van der Waals surface area contributed by atoms with Crippen molar-refractivity contribution < 1.29 is 27.0 Å². The zero-order chi connectivity index (χ0) is 8.57. The molecule has 4 nitrogen and oxygen atoms in total. The molecule has 0 fully saturated rings. The predicted molar refractivity (Wildman–Crippen MR) is 43.3 cm³/mol. The van der Waals surface area contributed by atoms with Crippen LogP contribution in [-0.2, 0) is 16.5 Å². The first kappa shape index (κ1) is 17.0. The number of nitrogens with zero attached hydrogens (tertiary/aromatic N) is 2. The van der Waals surface area contributed by atoms with Gasteiger partial charge in [0.25, 0.3) is 0 Å². The molecule has 0 aromatic heterocycles. The third-order valence-electron chi connectivity index (χ3n) is 1.19. The van der Waals surface area contributed by atoms with E-state index in [1.807, 2.05) is 13.8 Å². The predicted octanol–water partition coefficient (Wildman–Crippen LogP) is 1.18. The van der Waals surface area contributed by atoms with E-state index in [2.05, 4.69) is 9.98 Å². The van der Waals surface area contributed by atoms with Crippen LogP contribution in [0.15, 0.2) is 9.98 Å². The molecule has 0 bridgehead atoms. The summed E-state index contributed by atoms with van der Waals surface area (Å²) in [6.07, 6.45) is 0. The van der Waals surface area contributed by atoms with Gasteiger partial charge in [-0.3, -0.25) is 20.5 Å². The summed E-state index contributed by atoms with van der Waals surface area (Å²) >= 11 is 0. The van der Waals surface area contributed by atoms with Crippen molar-refractivity contribution in [1.29, 1.82) is 0 Å².